The lowest BCUT2D eigenvalue weighted by Crippen LogP contribution is -2.18. The van der Waals surface area contributed by atoms with E-state index < -0.39 is 0 Å². The molecule has 2 nitrogen and oxygen atoms in total. The smallest absolute Gasteiger partial charge is 0.109 e. The second-order valence-corrected chi connectivity index (χ2v) is 4.57. The summed E-state index contributed by atoms with van der Waals surface area (Å²) in [5, 5.41) is 6.42. The van der Waals surface area contributed by atoms with Crippen LogP contribution in [0.2, 0.25) is 0 Å². The van der Waals surface area contributed by atoms with Gasteiger partial charge in [0.05, 0.1) is 12.6 Å². The van der Waals surface area contributed by atoms with Crippen molar-refractivity contribution >= 4 is 11.3 Å². The van der Waals surface area contributed by atoms with Crippen molar-refractivity contribution in [2.45, 2.75) is 13.0 Å². The van der Waals surface area contributed by atoms with Crippen LogP contribution in [0.15, 0.2) is 41.9 Å². The fraction of sp³-hybridized carbons (Fsp3) is 0.214. The van der Waals surface area contributed by atoms with E-state index in [9.17, 15) is 0 Å². The summed E-state index contributed by atoms with van der Waals surface area (Å²) in [7, 11) is 0. The van der Waals surface area contributed by atoms with Crippen molar-refractivity contribution in [3.63, 3.8) is 0 Å². The Hall–Kier alpha value is -1.63. The van der Waals surface area contributed by atoms with Crippen LogP contribution in [-0.2, 0) is 0 Å². The number of rotatable bonds is 3. The van der Waals surface area contributed by atoms with Gasteiger partial charge < -0.3 is 0 Å². The van der Waals surface area contributed by atoms with Crippen LogP contribution in [0, 0.1) is 11.8 Å². The van der Waals surface area contributed by atoms with Gasteiger partial charge in [0.1, 0.15) is 5.01 Å². The summed E-state index contributed by atoms with van der Waals surface area (Å²) >= 11 is 1.66. The predicted octanol–water partition coefficient (Wildman–Crippen LogP) is 2.85. The van der Waals surface area contributed by atoms with Gasteiger partial charge in [0.25, 0.3) is 0 Å². The Morgan fingerprint density at radius 2 is 2.18 bits per heavy atom. The first-order chi connectivity index (χ1) is 8.36. The molecule has 0 aliphatic heterocycles. The molecule has 1 N–H and O–H groups in total. The van der Waals surface area contributed by atoms with Gasteiger partial charge in [-0.1, -0.05) is 30.0 Å². The fourth-order valence-electron chi connectivity index (χ4n) is 1.41. The number of hydrogen-bond acceptors (Lipinski definition) is 3. The highest BCUT2D eigenvalue weighted by atomic mass is 32.1. The summed E-state index contributed by atoms with van der Waals surface area (Å²) in [6.07, 6.45) is 1.83. The lowest BCUT2D eigenvalue weighted by Gasteiger charge is -2.06. The van der Waals surface area contributed by atoms with Gasteiger partial charge in [-0.25, -0.2) is 4.98 Å². The first-order valence-corrected chi connectivity index (χ1v) is 6.41. The predicted molar refractivity (Wildman–Crippen MR) is 71.9 cm³/mol. The zero-order valence-electron chi connectivity index (χ0n) is 9.68. The topological polar surface area (TPSA) is 24.9 Å². The van der Waals surface area contributed by atoms with Gasteiger partial charge in [-0.15, -0.1) is 11.3 Å². The lowest BCUT2D eigenvalue weighted by atomic mass is 10.2. The Kier molecular flexibility index (Phi) is 4.31. The van der Waals surface area contributed by atoms with Crippen molar-refractivity contribution in [1.29, 1.82) is 0 Å². The number of thiazole rings is 1. The van der Waals surface area contributed by atoms with Crippen LogP contribution in [0.3, 0.4) is 0 Å². The molecular weight excluding hydrogens is 228 g/mol. The molecule has 0 radical (unpaired) electrons. The third-order valence-electron chi connectivity index (χ3n) is 2.32. The van der Waals surface area contributed by atoms with Crippen molar-refractivity contribution in [3.05, 3.63) is 52.5 Å². The molecule has 0 fully saturated rings. The van der Waals surface area contributed by atoms with Gasteiger partial charge in [-0.05, 0) is 19.1 Å². The third kappa shape index (κ3) is 3.70. The molecule has 0 saturated heterocycles. The third-order valence-corrected chi connectivity index (χ3v) is 3.28. The standard InChI is InChI=1S/C14H14N2S/c1-12(14-16-10-11-17-14)15-9-5-8-13-6-3-2-4-7-13/h2-4,6-7,10-12,15H,9H2,1H3. The van der Waals surface area contributed by atoms with Crippen LogP contribution in [0.5, 0.6) is 0 Å². The number of nitrogens with zero attached hydrogens (tertiary/aromatic N) is 1. The zero-order chi connectivity index (χ0) is 11.9. The van der Waals surface area contributed by atoms with E-state index in [1.807, 2.05) is 41.9 Å². The molecule has 1 atom stereocenters. The van der Waals surface area contributed by atoms with Crippen LogP contribution >= 0.6 is 11.3 Å². The molecule has 3 heteroatoms. The monoisotopic (exact) mass is 242 g/mol. The minimum Gasteiger partial charge on any atom is -0.297 e. The molecule has 0 aliphatic rings. The van der Waals surface area contributed by atoms with E-state index >= 15 is 0 Å². The molecule has 86 valence electrons. The van der Waals surface area contributed by atoms with E-state index in [2.05, 4.69) is 29.1 Å². The molecule has 2 rings (SSSR count). The second-order valence-electron chi connectivity index (χ2n) is 3.64. The van der Waals surface area contributed by atoms with Gasteiger partial charge in [-0.3, -0.25) is 5.32 Å². The molecule has 1 aromatic heterocycles. The quantitative estimate of drug-likeness (QED) is 0.837. The van der Waals surface area contributed by atoms with E-state index in [1.54, 1.807) is 11.3 Å². The average molecular weight is 242 g/mol. The van der Waals surface area contributed by atoms with E-state index in [-0.39, 0.29) is 6.04 Å². The van der Waals surface area contributed by atoms with Crippen LogP contribution in [0.1, 0.15) is 23.5 Å². The largest absolute Gasteiger partial charge is 0.297 e. The molecular formula is C14H14N2S. The maximum atomic E-state index is 4.26. The summed E-state index contributed by atoms with van der Waals surface area (Å²) in [5.74, 6) is 6.23. The zero-order valence-corrected chi connectivity index (χ0v) is 10.5. The Labute approximate surface area is 106 Å². The molecule has 1 aromatic carbocycles. The van der Waals surface area contributed by atoms with Crippen molar-refractivity contribution in [3.8, 4) is 11.8 Å². The molecule has 2 aromatic rings. The van der Waals surface area contributed by atoms with Crippen LogP contribution in [-0.4, -0.2) is 11.5 Å². The molecule has 0 aliphatic carbocycles. The Morgan fingerprint density at radius 1 is 1.35 bits per heavy atom. The number of benzene rings is 1. The van der Waals surface area contributed by atoms with Crippen molar-refractivity contribution < 1.29 is 0 Å². The van der Waals surface area contributed by atoms with Crippen molar-refractivity contribution in [2.24, 2.45) is 0 Å². The summed E-state index contributed by atoms with van der Waals surface area (Å²) in [6, 6.07) is 10.3. The fourth-order valence-corrected chi connectivity index (χ4v) is 2.08. The number of aromatic nitrogens is 1. The summed E-state index contributed by atoms with van der Waals surface area (Å²) in [5.41, 5.74) is 1.05. The molecule has 0 saturated carbocycles. The molecule has 1 unspecified atom stereocenters. The van der Waals surface area contributed by atoms with E-state index in [0.29, 0.717) is 6.54 Å². The van der Waals surface area contributed by atoms with Crippen LogP contribution < -0.4 is 5.32 Å². The minimum atomic E-state index is 0.264. The highest BCUT2D eigenvalue weighted by molar-refractivity contribution is 7.09. The minimum absolute atomic E-state index is 0.264. The van der Waals surface area contributed by atoms with Crippen LogP contribution in [0.4, 0.5) is 0 Å². The Bertz CT molecular complexity index is 494. The highest BCUT2D eigenvalue weighted by Crippen LogP contribution is 2.13. The SMILES string of the molecule is CC(NCC#Cc1ccccc1)c1nccs1. The first kappa shape index (κ1) is 11.8. The van der Waals surface area contributed by atoms with Gasteiger partial charge in [-0.2, -0.15) is 0 Å². The highest BCUT2D eigenvalue weighted by Gasteiger charge is 2.04. The maximum absolute atomic E-state index is 4.26. The second kappa shape index (κ2) is 6.19. The lowest BCUT2D eigenvalue weighted by molar-refractivity contribution is 0.619. The average Bonchev–Trinajstić information content (AvgIpc) is 2.89. The van der Waals surface area contributed by atoms with Gasteiger partial charge in [0, 0.05) is 17.1 Å². The normalized spacial score (nSPS) is 11.6. The number of nitrogens with one attached hydrogen (secondary N) is 1. The van der Waals surface area contributed by atoms with Gasteiger partial charge in [0.2, 0.25) is 0 Å². The molecule has 1 heterocycles. The summed E-state index contributed by atoms with van der Waals surface area (Å²) in [6.45, 7) is 2.78. The first-order valence-electron chi connectivity index (χ1n) is 5.53. The molecule has 17 heavy (non-hydrogen) atoms. The Balaban J connectivity index is 1.82. The Morgan fingerprint density at radius 3 is 2.88 bits per heavy atom. The van der Waals surface area contributed by atoms with Crippen LogP contribution in [0.25, 0.3) is 0 Å². The summed E-state index contributed by atoms with van der Waals surface area (Å²) < 4.78 is 0. The van der Waals surface area contributed by atoms with E-state index in [1.165, 1.54) is 0 Å². The summed E-state index contributed by atoms with van der Waals surface area (Å²) in [4.78, 5) is 4.26. The van der Waals surface area contributed by atoms with Crippen molar-refractivity contribution in [2.75, 3.05) is 6.54 Å². The molecule has 0 amide bonds. The number of hydrogen-bond donors (Lipinski definition) is 1. The van der Waals surface area contributed by atoms with Crippen molar-refractivity contribution in [1.82, 2.24) is 10.3 Å². The molecule has 0 bridgehead atoms. The van der Waals surface area contributed by atoms with E-state index in [0.717, 1.165) is 10.6 Å². The van der Waals surface area contributed by atoms with Gasteiger partial charge in [0.15, 0.2) is 0 Å². The maximum Gasteiger partial charge on any atom is 0.109 e. The van der Waals surface area contributed by atoms with Gasteiger partial charge >= 0.3 is 0 Å². The van der Waals surface area contributed by atoms with E-state index in [4.69, 9.17) is 0 Å². The molecule has 0 spiro atoms.